The van der Waals surface area contributed by atoms with E-state index in [9.17, 15) is 0 Å². The van der Waals surface area contributed by atoms with E-state index in [-0.39, 0.29) is 24.8 Å². The van der Waals surface area contributed by atoms with Crippen LogP contribution in [0, 0.1) is 0 Å². The molecule has 0 saturated carbocycles. The predicted octanol–water partition coefficient (Wildman–Crippen LogP) is 1.54. The van der Waals surface area contributed by atoms with E-state index in [1.165, 1.54) is 43.8 Å². The van der Waals surface area contributed by atoms with Crippen LogP contribution in [0.4, 0.5) is 0 Å². The Bertz CT molecular complexity index is 1380. The van der Waals surface area contributed by atoms with E-state index in [0.717, 1.165) is 0 Å². The van der Waals surface area contributed by atoms with Gasteiger partial charge in [-0.15, -0.1) is 63.7 Å². The van der Waals surface area contributed by atoms with Gasteiger partial charge in [0, 0.05) is 0 Å². The van der Waals surface area contributed by atoms with Crippen molar-refractivity contribution in [2.24, 2.45) is 0 Å². The summed E-state index contributed by atoms with van der Waals surface area (Å²) in [7, 11) is 1.86. The Hall–Kier alpha value is -2.39. The van der Waals surface area contributed by atoms with Gasteiger partial charge in [-0.3, -0.25) is 0 Å². The average molecular weight is 531 g/mol. The minimum Gasteiger partial charge on any atom is -0.168 e. The van der Waals surface area contributed by atoms with Gasteiger partial charge in [0.15, 0.2) is 0 Å². The van der Waals surface area contributed by atoms with Crippen molar-refractivity contribution in [3.63, 3.8) is 0 Å². The second-order valence-corrected chi connectivity index (χ2v) is 7.41. The van der Waals surface area contributed by atoms with Gasteiger partial charge in [0.1, 0.15) is 0 Å². The maximum Gasteiger partial charge on any atom is -0.0582 e. The Balaban J connectivity index is 0.000000266. The van der Waals surface area contributed by atoms with Crippen molar-refractivity contribution in [3.8, 4) is 22.3 Å². The molecule has 0 N–H and O–H groups in total. The van der Waals surface area contributed by atoms with Crippen LogP contribution in [-0.4, -0.2) is 7.63 Å². The summed E-state index contributed by atoms with van der Waals surface area (Å²) in [6, 6.07) is 46.9. The maximum atomic E-state index is 2.30. The molecule has 0 aliphatic heterocycles. The standard InChI is InChI=1S/C21H15.C9H7.2ClH.H2Si.Ti/c1-3-9-16(10-4-1)20-15-18-13-7-8-14-19(18)21(20)17-11-5-2-6-12-17;1-2-5-9-7-3-6-8(9)4-1;;;;/h1-15H;1-7H;2*1H;1H2;/q2*-1;;;;+2/p-2. The summed E-state index contributed by atoms with van der Waals surface area (Å²) in [5.41, 5.74) is 5.19. The van der Waals surface area contributed by atoms with Crippen LogP contribution in [0.5, 0.6) is 0 Å². The smallest absolute Gasteiger partial charge is 0.0582 e. The topological polar surface area (TPSA) is 0 Å². The first-order chi connectivity index (χ1) is 15.9. The van der Waals surface area contributed by atoms with Gasteiger partial charge in [-0.25, -0.2) is 0 Å². The van der Waals surface area contributed by atoms with Crippen molar-refractivity contribution in [2.75, 3.05) is 0 Å². The minimum absolute atomic E-state index is 0. The molecule has 6 aromatic carbocycles. The van der Waals surface area contributed by atoms with Gasteiger partial charge in [-0.05, 0) is 0 Å². The summed E-state index contributed by atoms with van der Waals surface area (Å²) in [4.78, 5) is 0. The molecule has 0 heterocycles. The molecule has 0 unspecified atom stereocenters. The zero-order valence-corrected chi connectivity index (χ0v) is 23.2. The molecule has 0 bridgehead atoms. The number of benzene rings is 4. The average Bonchev–Trinajstić information content (AvgIpc) is 3.52. The fraction of sp³-hybridized carbons (Fsp3) is 0. The van der Waals surface area contributed by atoms with Crippen LogP contribution in [0.25, 0.3) is 43.8 Å². The maximum absolute atomic E-state index is 2.30. The van der Waals surface area contributed by atoms with E-state index >= 15 is 0 Å². The summed E-state index contributed by atoms with van der Waals surface area (Å²) >= 11 is 2.03. The van der Waals surface area contributed by atoms with Crippen LogP contribution in [0.1, 0.15) is 0 Å². The Morgan fingerprint density at radius 2 is 1.06 bits per heavy atom. The van der Waals surface area contributed by atoms with Crippen LogP contribution in [0.3, 0.4) is 0 Å². The largest absolute Gasteiger partial charge is 0.168 e. The molecule has 168 valence electrons. The van der Waals surface area contributed by atoms with Gasteiger partial charge in [0.25, 0.3) is 0 Å². The zero-order valence-electron chi connectivity index (χ0n) is 18.7. The number of hydrogen-bond donors (Lipinski definition) is 0. The number of rotatable bonds is 2. The predicted molar refractivity (Wildman–Crippen MR) is 138 cm³/mol. The number of fused-ring (bicyclic) bond motifs is 2. The van der Waals surface area contributed by atoms with E-state index in [1.807, 2.05) is 26.8 Å². The first-order valence-corrected chi connectivity index (χ1v) is 14.7. The van der Waals surface area contributed by atoms with Crippen molar-refractivity contribution in [3.05, 3.63) is 133 Å². The van der Waals surface area contributed by atoms with E-state index < -0.39 is 0 Å². The molecule has 0 spiro atoms. The number of halogens is 2. The summed E-state index contributed by atoms with van der Waals surface area (Å²) < 4.78 is 0. The fourth-order valence-electron chi connectivity index (χ4n) is 4.05. The van der Waals surface area contributed by atoms with Crippen LogP contribution >= 0.6 is 0 Å². The molecule has 6 rings (SSSR count). The molecule has 4 heteroatoms. The van der Waals surface area contributed by atoms with Gasteiger partial charge in [0.05, 0.1) is 0 Å². The molecule has 0 amide bonds. The van der Waals surface area contributed by atoms with Crippen LogP contribution in [0.2, 0.25) is 0 Å². The van der Waals surface area contributed by atoms with E-state index in [2.05, 4.69) is 133 Å². The molecule has 0 aliphatic rings. The summed E-state index contributed by atoms with van der Waals surface area (Å²) in [5, 5.41) is 5.28. The van der Waals surface area contributed by atoms with Crippen LogP contribution < -0.4 is 24.8 Å². The van der Waals surface area contributed by atoms with Crippen molar-refractivity contribution in [2.45, 2.75) is 0 Å². The van der Waals surface area contributed by atoms with Gasteiger partial charge >= 0.3 is 26.8 Å². The van der Waals surface area contributed by atoms with E-state index in [0.29, 0.717) is 0 Å². The monoisotopic (exact) mass is 530 g/mol. The number of hydrogen-bond acceptors (Lipinski definition) is 0. The molecule has 6 aromatic rings. The van der Waals surface area contributed by atoms with E-state index in [1.54, 1.807) is 0 Å². The molecule has 0 saturated heterocycles. The fourth-order valence-corrected chi connectivity index (χ4v) is 4.05. The van der Waals surface area contributed by atoms with Gasteiger partial charge in [0.2, 0.25) is 0 Å². The molecule has 0 fully saturated rings. The van der Waals surface area contributed by atoms with Crippen LogP contribution in [0.15, 0.2) is 133 Å². The van der Waals surface area contributed by atoms with E-state index in [4.69, 9.17) is 0 Å². The van der Waals surface area contributed by atoms with Gasteiger partial charge in [-0.2, -0.15) is 17.5 Å². The molecule has 0 nitrogen and oxygen atoms in total. The third-order valence-corrected chi connectivity index (χ3v) is 5.49. The molecular formula is C30H24Cl2SiTi-2. The first kappa shape index (κ1) is 27.9. The molecule has 0 aromatic heterocycles. The SMILES string of the molecule is [Cl-].[Cl-].[SiH2]=[Ti+2].c1ccc(-c2[cH-]c3ccccc3c2-c2ccccc2)cc1.c1ccc2[cH-]ccc2c1. The summed E-state index contributed by atoms with van der Waals surface area (Å²) in [6.07, 6.45) is 0. The Labute approximate surface area is 227 Å². The molecule has 0 radical (unpaired) electrons. The third kappa shape index (κ3) is 6.39. The van der Waals surface area contributed by atoms with Crippen molar-refractivity contribution in [1.82, 2.24) is 0 Å². The molecular weight excluding hydrogens is 507 g/mol. The molecule has 0 aliphatic carbocycles. The second kappa shape index (κ2) is 14.1. The first-order valence-electron chi connectivity index (χ1n) is 10.7. The summed E-state index contributed by atoms with van der Waals surface area (Å²) in [5.74, 6) is 0. The van der Waals surface area contributed by atoms with Gasteiger partial charge < -0.3 is 24.8 Å². The molecule has 0 atom stereocenters. The van der Waals surface area contributed by atoms with Crippen molar-refractivity contribution < 1.29 is 44.0 Å². The van der Waals surface area contributed by atoms with Crippen molar-refractivity contribution >= 4 is 29.2 Å². The third-order valence-electron chi connectivity index (χ3n) is 5.49. The van der Waals surface area contributed by atoms with Crippen molar-refractivity contribution in [1.29, 1.82) is 0 Å². The Kier molecular flexibility index (Phi) is 11.6. The Morgan fingerprint density at radius 1 is 0.529 bits per heavy atom. The molecule has 34 heavy (non-hydrogen) atoms. The minimum atomic E-state index is 0. The Morgan fingerprint density at radius 3 is 1.71 bits per heavy atom. The second-order valence-electron chi connectivity index (χ2n) is 7.41. The summed E-state index contributed by atoms with van der Waals surface area (Å²) in [6.45, 7) is 0. The quantitative estimate of drug-likeness (QED) is 0.235. The van der Waals surface area contributed by atoms with Gasteiger partial charge in [-0.1, -0.05) is 96.1 Å². The normalized spacial score (nSPS) is 9.59. The van der Waals surface area contributed by atoms with Crippen LogP contribution in [-0.2, 0) is 19.2 Å². The zero-order chi connectivity index (χ0) is 22.2.